The molecule has 0 amide bonds. The molecule has 0 saturated carbocycles. The van der Waals surface area contributed by atoms with Gasteiger partial charge in [0.2, 0.25) is 0 Å². The number of hydrogen-bond donors (Lipinski definition) is 1. The molecule has 0 bridgehead atoms. The average molecular weight is 267 g/mol. The first-order valence-corrected chi connectivity index (χ1v) is 7.21. The van der Waals surface area contributed by atoms with Gasteiger partial charge in [-0.25, -0.2) is 0 Å². The third-order valence-corrected chi connectivity index (χ3v) is 4.20. The molecule has 2 nitrogen and oxygen atoms in total. The smallest absolute Gasteiger partial charge is 0.127 e. The summed E-state index contributed by atoms with van der Waals surface area (Å²) in [5.74, 6) is 0.993. The van der Waals surface area contributed by atoms with Crippen LogP contribution in [0.25, 0.3) is 0 Å². The molecule has 1 atom stereocenters. The highest BCUT2D eigenvalue weighted by atomic mass is 16.5. The molecular weight excluding hydrogens is 246 g/mol. The van der Waals surface area contributed by atoms with Crippen LogP contribution in [0.3, 0.4) is 0 Å². The van der Waals surface area contributed by atoms with E-state index in [9.17, 15) is 0 Å². The number of aryl methyl sites for hydroxylation is 2. The van der Waals surface area contributed by atoms with Gasteiger partial charge in [0.05, 0.1) is 12.1 Å². The van der Waals surface area contributed by atoms with Crippen molar-refractivity contribution in [3.05, 3.63) is 64.7 Å². The van der Waals surface area contributed by atoms with Gasteiger partial charge in [-0.2, -0.15) is 0 Å². The maximum Gasteiger partial charge on any atom is 0.127 e. The van der Waals surface area contributed by atoms with Gasteiger partial charge in [-0.3, -0.25) is 0 Å². The van der Waals surface area contributed by atoms with Crippen LogP contribution < -0.4 is 10.5 Å². The summed E-state index contributed by atoms with van der Waals surface area (Å²) >= 11 is 0. The van der Waals surface area contributed by atoms with E-state index in [2.05, 4.69) is 44.2 Å². The Labute approximate surface area is 120 Å². The zero-order chi connectivity index (χ0) is 14.2. The van der Waals surface area contributed by atoms with Gasteiger partial charge < -0.3 is 10.5 Å². The van der Waals surface area contributed by atoms with Gasteiger partial charge in [-0.15, -0.1) is 0 Å². The van der Waals surface area contributed by atoms with Gasteiger partial charge in [-0.05, 0) is 43.4 Å². The van der Waals surface area contributed by atoms with Crippen molar-refractivity contribution in [2.75, 3.05) is 6.61 Å². The maximum absolute atomic E-state index is 6.70. The van der Waals surface area contributed by atoms with E-state index in [4.69, 9.17) is 10.5 Å². The second kappa shape index (κ2) is 4.95. The van der Waals surface area contributed by atoms with Crippen molar-refractivity contribution < 1.29 is 4.74 Å². The molecule has 0 spiro atoms. The Kier molecular flexibility index (Phi) is 3.27. The van der Waals surface area contributed by atoms with Crippen molar-refractivity contribution in [3.63, 3.8) is 0 Å². The highest BCUT2D eigenvalue weighted by Gasteiger charge is 2.30. The van der Waals surface area contributed by atoms with E-state index in [1.807, 2.05) is 12.1 Å². The lowest BCUT2D eigenvalue weighted by Gasteiger charge is -2.31. The number of ether oxygens (including phenoxy) is 1. The second-order valence-corrected chi connectivity index (χ2v) is 5.76. The van der Waals surface area contributed by atoms with Crippen molar-refractivity contribution in [2.24, 2.45) is 5.73 Å². The summed E-state index contributed by atoms with van der Waals surface area (Å²) in [6.45, 7) is 4.97. The molecule has 2 N–H and O–H groups in total. The first-order valence-electron chi connectivity index (χ1n) is 7.21. The molecule has 2 heteroatoms. The Hall–Kier alpha value is -1.80. The maximum atomic E-state index is 6.70. The van der Waals surface area contributed by atoms with Gasteiger partial charge in [0.15, 0.2) is 0 Å². The van der Waals surface area contributed by atoms with Crippen LogP contribution in [0.2, 0.25) is 0 Å². The Balaban J connectivity index is 2.15. The minimum Gasteiger partial charge on any atom is -0.493 e. The highest BCUT2D eigenvalue weighted by molar-refractivity contribution is 5.51. The molecular formula is C18H21NO. The van der Waals surface area contributed by atoms with Crippen molar-refractivity contribution in [2.45, 2.75) is 32.2 Å². The number of nitrogens with two attached hydrogens (primary N) is 1. The largest absolute Gasteiger partial charge is 0.493 e. The van der Waals surface area contributed by atoms with Gasteiger partial charge in [0.25, 0.3) is 0 Å². The van der Waals surface area contributed by atoms with Gasteiger partial charge in [0, 0.05) is 5.56 Å². The van der Waals surface area contributed by atoms with Crippen molar-refractivity contribution in [1.29, 1.82) is 0 Å². The summed E-state index contributed by atoms with van der Waals surface area (Å²) in [4.78, 5) is 0. The van der Waals surface area contributed by atoms with Crippen molar-refractivity contribution >= 4 is 0 Å². The lowest BCUT2D eigenvalue weighted by molar-refractivity contribution is 0.280. The minimum atomic E-state index is -0.534. The molecule has 20 heavy (non-hydrogen) atoms. The van der Waals surface area contributed by atoms with Crippen LogP contribution in [0.4, 0.5) is 0 Å². The summed E-state index contributed by atoms with van der Waals surface area (Å²) in [5, 5.41) is 0. The molecule has 0 aliphatic carbocycles. The summed E-state index contributed by atoms with van der Waals surface area (Å²) in [6, 6.07) is 14.6. The second-order valence-electron chi connectivity index (χ2n) is 5.76. The fourth-order valence-corrected chi connectivity index (χ4v) is 3.10. The monoisotopic (exact) mass is 267 g/mol. The number of para-hydroxylation sites is 1. The van der Waals surface area contributed by atoms with Crippen molar-refractivity contribution in [3.8, 4) is 5.75 Å². The predicted octanol–water partition coefficient (Wildman–Crippen LogP) is 3.54. The molecule has 104 valence electrons. The SMILES string of the molecule is Cc1ccccc1C(C)(N)c1cccc2c1OCCC2. The van der Waals surface area contributed by atoms with Crippen LogP contribution in [-0.4, -0.2) is 6.61 Å². The molecule has 3 rings (SSSR count). The molecule has 1 heterocycles. The fourth-order valence-electron chi connectivity index (χ4n) is 3.10. The van der Waals surface area contributed by atoms with Crippen LogP contribution in [0.15, 0.2) is 42.5 Å². The summed E-state index contributed by atoms with van der Waals surface area (Å²) < 4.78 is 5.92. The third-order valence-electron chi connectivity index (χ3n) is 4.20. The Morgan fingerprint density at radius 1 is 1.05 bits per heavy atom. The minimum absolute atomic E-state index is 0.534. The van der Waals surface area contributed by atoms with Gasteiger partial charge in [-0.1, -0.05) is 42.5 Å². The van der Waals surface area contributed by atoms with Crippen molar-refractivity contribution in [1.82, 2.24) is 0 Å². The van der Waals surface area contributed by atoms with E-state index in [0.29, 0.717) is 0 Å². The van der Waals surface area contributed by atoms with Crippen LogP contribution in [0.1, 0.15) is 35.6 Å². The van der Waals surface area contributed by atoms with Crippen LogP contribution >= 0.6 is 0 Å². The lowest BCUT2D eigenvalue weighted by atomic mass is 9.81. The van der Waals surface area contributed by atoms with E-state index >= 15 is 0 Å². The molecule has 0 fully saturated rings. The van der Waals surface area contributed by atoms with Gasteiger partial charge in [0.1, 0.15) is 5.75 Å². The number of benzene rings is 2. The van der Waals surface area contributed by atoms with E-state index in [-0.39, 0.29) is 0 Å². The summed E-state index contributed by atoms with van der Waals surface area (Å²) in [6.07, 6.45) is 2.16. The Morgan fingerprint density at radius 2 is 1.80 bits per heavy atom. The Morgan fingerprint density at radius 3 is 2.60 bits per heavy atom. The molecule has 1 aliphatic heterocycles. The quantitative estimate of drug-likeness (QED) is 0.903. The van der Waals surface area contributed by atoms with E-state index in [0.717, 1.165) is 36.3 Å². The van der Waals surface area contributed by atoms with E-state index in [1.165, 1.54) is 11.1 Å². The number of rotatable bonds is 2. The number of fused-ring (bicyclic) bond motifs is 1. The lowest BCUT2D eigenvalue weighted by Crippen LogP contribution is -2.36. The molecule has 1 unspecified atom stereocenters. The first-order chi connectivity index (χ1) is 9.60. The van der Waals surface area contributed by atoms with E-state index < -0.39 is 5.54 Å². The van der Waals surface area contributed by atoms with E-state index in [1.54, 1.807) is 0 Å². The molecule has 1 aliphatic rings. The van der Waals surface area contributed by atoms with Crippen LogP contribution in [0, 0.1) is 6.92 Å². The zero-order valence-electron chi connectivity index (χ0n) is 12.1. The molecule has 0 aromatic heterocycles. The Bertz CT molecular complexity index is 631. The molecule has 0 radical (unpaired) electrons. The normalized spacial score (nSPS) is 16.9. The van der Waals surface area contributed by atoms with Crippen LogP contribution in [-0.2, 0) is 12.0 Å². The molecule has 0 saturated heterocycles. The topological polar surface area (TPSA) is 35.2 Å². The average Bonchev–Trinajstić information content (AvgIpc) is 2.47. The number of hydrogen-bond acceptors (Lipinski definition) is 2. The fraction of sp³-hybridized carbons (Fsp3) is 0.333. The standard InChI is InChI=1S/C18H21NO/c1-13-7-3-4-10-15(13)18(2,19)16-11-5-8-14-9-6-12-20-17(14)16/h3-5,7-8,10-11H,6,9,12,19H2,1-2H3. The van der Waals surface area contributed by atoms with Gasteiger partial charge >= 0.3 is 0 Å². The molecule has 2 aromatic rings. The highest BCUT2D eigenvalue weighted by Crippen LogP contribution is 2.38. The summed E-state index contributed by atoms with van der Waals surface area (Å²) in [5.41, 5.74) is 10.9. The zero-order valence-corrected chi connectivity index (χ0v) is 12.1. The third kappa shape index (κ3) is 2.10. The summed E-state index contributed by atoms with van der Waals surface area (Å²) in [7, 11) is 0. The predicted molar refractivity (Wildman–Crippen MR) is 82.1 cm³/mol. The van der Waals surface area contributed by atoms with Crippen LogP contribution in [0.5, 0.6) is 5.75 Å². The first kappa shape index (κ1) is 13.2. The molecule has 2 aromatic carbocycles.